The van der Waals surface area contributed by atoms with E-state index in [0.717, 1.165) is 6.42 Å². The number of carbonyl (C=O) groups is 3. The fourth-order valence-corrected chi connectivity index (χ4v) is 2.12. The third kappa shape index (κ3) is 5.97. The van der Waals surface area contributed by atoms with Crippen molar-refractivity contribution in [1.82, 2.24) is 10.2 Å². The molecule has 0 aromatic carbocycles. The summed E-state index contributed by atoms with van der Waals surface area (Å²) in [4.78, 5) is 35.5. The van der Waals surface area contributed by atoms with Crippen molar-refractivity contribution < 1.29 is 19.5 Å². The van der Waals surface area contributed by atoms with Gasteiger partial charge < -0.3 is 15.3 Å². The lowest BCUT2D eigenvalue weighted by Crippen LogP contribution is -2.49. The highest BCUT2D eigenvalue weighted by molar-refractivity contribution is 5.87. The fourth-order valence-electron chi connectivity index (χ4n) is 2.12. The highest BCUT2D eigenvalue weighted by Crippen LogP contribution is 2.15. The van der Waals surface area contributed by atoms with Crippen LogP contribution in [-0.2, 0) is 14.4 Å². The maximum Gasteiger partial charge on any atom is 0.331 e. The topological polar surface area (TPSA) is 86.7 Å². The molecule has 120 valence electrons. The maximum atomic E-state index is 12.4. The van der Waals surface area contributed by atoms with Crippen LogP contribution in [0.25, 0.3) is 0 Å². The average Bonchev–Trinajstić information content (AvgIpc) is 2.42. The van der Waals surface area contributed by atoms with Gasteiger partial charge in [0.05, 0.1) is 6.04 Å². The van der Waals surface area contributed by atoms with E-state index in [4.69, 9.17) is 5.11 Å². The summed E-state index contributed by atoms with van der Waals surface area (Å²) in [6, 6.07) is -0.904. The van der Waals surface area contributed by atoms with Crippen molar-refractivity contribution in [2.75, 3.05) is 7.05 Å². The first kappa shape index (κ1) is 19.1. The van der Waals surface area contributed by atoms with E-state index in [-0.39, 0.29) is 23.4 Å². The lowest BCUT2D eigenvalue weighted by atomic mass is 9.99. The smallest absolute Gasteiger partial charge is 0.331 e. The van der Waals surface area contributed by atoms with Gasteiger partial charge in [-0.05, 0) is 19.3 Å². The summed E-state index contributed by atoms with van der Waals surface area (Å²) in [5.74, 6) is -1.15. The largest absolute Gasteiger partial charge is 0.478 e. The molecular weight excluding hydrogens is 272 g/mol. The van der Waals surface area contributed by atoms with Crippen molar-refractivity contribution in [2.45, 2.75) is 52.6 Å². The van der Waals surface area contributed by atoms with Crippen LogP contribution < -0.4 is 5.32 Å². The van der Waals surface area contributed by atoms with Crippen molar-refractivity contribution in [2.24, 2.45) is 5.92 Å². The van der Waals surface area contributed by atoms with Gasteiger partial charge in [-0.3, -0.25) is 9.59 Å². The van der Waals surface area contributed by atoms with Gasteiger partial charge >= 0.3 is 5.97 Å². The summed E-state index contributed by atoms with van der Waals surface area (Å²) in [6.07, 6.45) is 3.42. The summed E-state index contributed by atoms with van der Waals surface area (Å²) in [6.45, 7) is 7.27. The Bertz CT molecular complexity index is 404. The first-order chi connectivity index (χ1) is 9.76. The van der Waals surface area contributed by atoms with Crippen molar-refractivity contribution >= 4 is 18.3 Å². The van der Waals surface area contributed by atoms with E-state index in [1.54, 1.807) is 13.1 Å². The molecule has 0 aliphatic heterocycles. The zero-order valence-electron chi connectivity index (χ0n) is 13.4. The molecule has 0 aromatic rings. The minimum atomic E-state index is -1.00. The van der Waals surface area contributed by atoms with Gasteiger partial charge in [0, 0.05) is 12.6 Å². The van der Waals surface area contributed by atoms with Crippen LogP contribution in [0.4, 0.5) is 0 Å². The van der Waals surface area contributed by atoms with Gasteiger partial charge in [0.1, 0.15) is 6.04 Å². The number of nitrogens with zero attached hydrogens (tertiary/aromatic N) is 1. The van der Waals surface area contributed by atoms with Crippen molar-refractivity contribution in [3.8, 4) is 0 Å². The molecule has 6 heteroatoms. The van der Waals surface area contributed by atoms with Crippen LogP contribution in [0.3, 0.4) is 0 Å². The number of hydrogen-bond donors (Lipinski definition) is 2. The molecule has 0 rings (SSSR count). The average molecular weight is 298 g/mol. The molecule has 0 fully saturated rings. The molecule has 2 N–H and O–H groups in total. The minimum Gasteiger partial charge on any atom is -0.478 e. The van der Waals surface area contributed by atoms with Gasteiger partial charge in [0.25, 0.3) is 0 Å². The molecule has 21 heavy (non-hydrogen) atoms. The molecule has 0 aliphatic carbocycles. The van der Waals surface area contributed by atoms with Gasteiger partial charge in [0.15, 0.2) is 0 Å². The van der Waals surface area contributed by atoms with Crippen molar-refractivity contribution in [3.05, 3.63) is 11.6 Å². The summed E-state index contributed by atoms with van der Waals surface area (Å²) in [5, 5.41) is 11.5. The molecule has 2 amide bonds. The zero-order valence-corrected chi connectivity index (χ0v) is 13.4. The predicted molar refractivity (Wildman–Crippen MR) is 80.7 cm³/mol. The lowest BCUT2D eigenvalue weighted by molar-refractivity contribution is -0.136. The number of aliphatic carboxylic acids is 1. The van der Waals surface area contributed by atoms with Crippen LogP contribution in [0, 0.1) is 5.92 Å². The first-order valence-electron chi connectivity index (χ1n) is 7.14. The number of carbonyl (C=O) groups excluding carboxylic acids is 2. The Kier molecular flexibility index (Phi) is 8.35. The Morgan fingerprint density at radius 1 is 1.33 bits per heavy atom. The van der Waals surface area contributed by atoms with Crippen molar-refractivity contribution in [1.29, 1.82) is 0 Å². The summed E-state index contributed by atoms with van der Waals surface area (Å²) in [5.41, 5.74) is 0.198. The van der Waals surface area contributed by atoms with Gasteiger partial charge in [0.2, 0.25) is 12.3 Å². The van der Waals surface area contributed by atoms with Gasteiger partial charge in [-0.25, -0.2) is 4.79 Å². The number of amides is 2. The quantitative estimate of drug-likeness (QED) is 0.498. The zero-order chi connectivity index (χ0) is 16.6. The van der Waals surface area contributed by atoms with Crippen LogP contribution in [-0.4, -0.2) is 47.4 Å². The van der Waals surface area contributed by atoms with E-state index in [0.29, 0.717) is 12.8 Å². The van der Waals surface area contributed by atoms with Gasteiger partial charge in [-0.15, -0.1) is 0 Å². The van der Waals surface area contributed by atoms with Crippen LogP contribution in [0.2, 0.25) is 0 Å². The molecule has 6 nitrogen and oxygen atoms in total. The van der Waals surface area contributed by atoms with Crippen LogP contribution in [0.5, 0.6) is 0 Å². The van der Waals surface area contributed by atoms with Crippen LogP contribution in [0.15, 0.2) is 11.6 Å². The third-order valence-electron chi connectivity index (χ3n) is 3.38. The van der Waals surface area contributed by atoms with Gasteiger partial charge in [-0.1, -0.05) is 33.3 Å². The SMILES string of the molecule is CCC[C@@H](NC=O)C(=O)N(C)[C@H](/C=C(\C)C(=O)O)C(C)C. The van der Waals surface area contributed by atoms with E-state index in [9.17, 15) is 14.4 Å². The number of carboxylic acid groups (broad SMARTS) is 1. The number of carboxylic acids is 1. The summed E-state index contributed by atoms with van der Waals surface area (Å²) >= 11 is 0. The Morgan fingerprint density at radius 2 is 1.90 bits per heavy atom. The highest BCUT2D eigenvalue weighted by atomic mass is 16.4. The fraction of sp³-hybridized carbons (Fsp3) is 0.667. The first-order valence-corrected chi connectivity index (χ1v) is 7.14. The third-order valence-corrected chi connectivity index (χ3v) is 3.38. The molecule has 0 unspecified atom stereocenters. The van der Waals surface area contributed by atoms with Crippen molar-refractivity contribution in [3.63, 3.8) is 0 Å². The molecule has 0 aromatic heterocycles. The maximum absolute atomic E-state index is 12.4. The monoisotopic (exact) mass is 298 g/mol. The molecule has 0 saturated carbocycles. The molecule has 0 saturated heterocycles. The van der Waals surface area contributed by atoms with E-state index in [2.05, 4.69) is 5.32 Å². The molecule has 0 heterocycles. The van der Waals surface area contributed by atoms with Crippen LogP contribution in [0.1, 0.15) is 40.5 Å². The Labute approximate surface area is 126 Å². The summed E-state index contributed by atoms with van der Waals surface area (Å²) in [7, 11) is 1.63. The van der Waals surface area contributed by atoms with Crippen LogP contribution >= 0.6 is 0 Å². The van der Waals surface area contributed by atoms with E-state index >= 15 is 0 Å². The molecule has 0 bridgehead atoms. The van der Waals surface area contributed by atoms with E-state index in [1.807, 2.05) is 20.8 Å². The molecule has 0 radical (unpaired) electrons. The predicted octanol–water partition coefficient (Wildman–Crippen LogP) is 1.42. The normalized spacial score (nSPS) is 14.5. The second kappa shape index (κ2) is 9.15. The lowest BCUT2D eigenvalue weighted by Gasteiger charge is -2.32. The number of rotatable bonds is 9. The highest BCUT2D eigenvalue weighted by Gasteiger charge is 2.27. The number of likely N-dealkylation sites (N-methyl/N-ethyl adjacent to an activating group) is 1. The molecule has 0 aliphatic rings. The van der Waals surface area contributed by atoms with E-state index < -0.39 is 12.0 Å². The molecule has 2 atom stereocenters. The van der Waals surface area contributed by atoms with E-state index in [1.165, 1.54) is 11.8 Å². The minimum absolute atomic E-state index is 0.0618. The standard InChI is InChI=1S/C15H26N2O4/c1-6-7-12(16-9-18)14(19)17(5)13(10(2)3)8-11(4)15(20)21/h8-10,12-13H,6-7H2,1-5H3,(H,16,18)(H,20,21)/b11-8+/t12-,13-/m1/s1. The molecule has 0 spiro atoms. The van der Waals surface area contributed by atoms with Gasteiger partial charge in [-0.2, -0.15) is 0 Å². The second-order valence-corrected chi connectivity index (χ2v) is 5.46. The Hall–Kier alpha value is -1.85. The Morgan fingerprint density at radius 3 is 2.29 bits per heavy atom. The second-order valence-electron chi connectivity index (χ2n) is 5.46. The Balaban J connectivity index is 5.23. The number of nitrogens with one attached hydrogen (secondary N) is 1. The number of hydrogen-bond acceptors (Lipinski definition) is 3. The molecular formula is C15H26N2O4. The summed E-state index contributed by atoms with van der Waals surface area (Å²) < 4.78 is 0.